The van der Waals surface area contributed by atoms with Crippen molar-refractivity contribution in [1.82, 2.24) is 10.4 Å². The minimum atomic E-state index is -0.905. The van der Waals surface area contributed by atoms with Crippen LogP contribution in [-0.4, -0.2) is 48.4 Å². The van der Waals surface area contributed by atoms with Crippen molar-refractivity contribution in [2.45, 2.75) is 22.6 Å². The van der Waals surface area contributed by atoms with Crippen molar-refractivity contribution < 1.29 is 14.3 Å². The zero-order chi connectivity index (χ0) is 24.2. The maximum Gasteiger partial charge on any atom is 0.265 e. The van der Waals surface area contributed by atoms with E-state index in [2.05, 4.69) is 22.5 Å². The van der Waals surface area contributed by atoms with Gasteiger partial charge in [-0.3, -0.25) is 15.0 Å². The number of anilines is 1. The maximum atomic E-state index is 13.5. The Morgan fingerprint density at radius 1 is 0.886 bits per heavy atom. The van der Waals surface area contributed by atoms with Crippen LogP contribution >= 0.6 is 23.4 Å². The molecule has 0 aliphatic carbocycles. The summed E-state index contributed by atoms with van der Waals surface area (Å²) in [5, 5.41) is 1.07. The molecule has 2 saturated heterocycles. The van der Waals surface area contributed by atoms with Crippen molar-refractivity contribution in [2.24, 2.45) is 0 Å². The normalized spacial score (nSPS) is 19.4. The predicted molar refractivity (Wildman–Crippen MR) is 138 cm³/mol. The summed E-state index contributed by atoms with van der Waals surface area (Å²) in [5.74, 6) is -0.635. The quantitative estimate of drug-likeness (QED) is 0.490. The standard InChI is InChI=1S/C27H26ClN3O3S/c28-22-9-4-5-10-23(22)35-25-26(32)29-31(27(25)33)24(19-7-2-1-3-8-19)20-11-13-21(14-12-20)30-15-6-17-34-18-16-30/h1-5,7-14,24-25H,6,15-18H2,(H,29,32). The van der Waals surface area contributed by atoms with E-state index < -0.39 is 11.3 Å². The Balaban J connectivity index is 1.43. The summed E-state index contributed by atoms with van der Waals surface area (Å²) in [7, 11) is 0. The lowest BCUT2D eigenvalue weighted by molar-refractivity contribution is -0.131. The SMILES string of the molecule is O=C1NN(C(c2ccccc2)c2ccc(N3CCCOCC3)cc2)C(=O)C1Sc1ccccc1Cl. The first kappa shape index (κ1) is 23.7. The Bertz CT molecular complexity index is 1180. The number of hydrogen-bond donors (Lipinski definition) is 1. The first-order valence-corrected chi connectivity index (χ1v) is 12.9. The first-order chi connectivity index (χ1) is 17.1. The van der Waals surface area contributed by atoms with E-state index in [1.54, 1.807) is 6.07 Å². The molecule has 5 rings (SSSR count). The Morgan fingerprint density at radius 3 is 2.37 bits per heavy atom. The molecule has 2 aliphatic rings. The molecule has 3 aromatic rings. The van der Waals surface area contributed by atoms with E-state index in [4.69, 9.17) is 16.3 Å². The average molecular weight is 508 g/mol. The molecule has 1 N–H and O–H groups in total. The van der Waals surface area contributed by atoms with Crippen LogP contribution < -0.4 is 10.3 Å². The highest BCUT2D eigenvalue weighted by atomic mass is 35.5. The Hall–Kier alpha value is -3.00. The minimum absolute atomic E-state index is 0.289. The number of amides is 2. The molecule has 0 radical (unpaired) electrons. The summed E-state index contributed by atoms with van der Waals surface area (Å²) in [6.07, 6.45) is 0.993. The van der Waals surface area contributed by atoms with Crippen LogP contribution in [0.15, 0.2) is 83.8 Å². The van der Waals surface area contributed by atoms with Crippen molar-refractivity contribution in [1.29, 1.82) is 0 Å². The molecule has 2 fully saturated rings. The number of carbonyl (C=O) groups excluding carboxylic acids is 2. The molecular weight excluding hydrogens is 482 g/mol. The Labute approximate surface area is 214 Å². The summed E-state index contributed by atoms with van der Waals surface area (Å²) in [4.78, 5) is 29.5. The summed E-state index contributed by atoms with van der Waals surface area (Å²) in [6.45, 7) is 3.30. The fraction of sp³-hybridized carbons (Fsp3) is 0.259. The molecule has 6 nitrogen and oxygen atoms in total. The number of nitrogens with one attached hydrogen (secondary N) is 1. The largest absolute Gasteiger partial charge is 0.380 e. The highest BCUT2D eigenvalue weighted by Crippen LogP contribution is 2.37. The number of hydrazine groups is 1. The lowest BCUT2D eigenvalue weighted by Crippen LogP contribution is -2.40. The van der Waals surface area contributed by atoms with E-state index in [0.29, 0.717) is 16.5 Å². The van der Waals surface area contributed by atoms with Gasteiger partial charge in [0.1, 0.15) is 6.04 Å². The molecule has 0 bridgehead atoms. The molecule has 0 saturated carbocycles. The van der Waals surface area contributed by atoms with Crippen molar-refractivity contribution >= 4 is 40.9 Å². The van der Waals surface area contributed by atoms with Gasteiger partial charge >= 0.3 is 0 Å². The minimum Gasteiger partial charge on any atom is -0.380 e. The second kappa shape index (κ2) is 10.7. The van der Waals surface area contributed by atoms with Crippen molar-refractivity contribution in [3.63, 3.8) is 0 Å². The second-order valence-electron chi connectivity index (χ2n) is 8.47. The van der Waals surface area contributed by atoms with Gasteiger partial charge in [0, 0.05) is 30.3 Å². The Morgan fingerprint density at radius 2 is 1.60 bits per heavy atom. The molecule has 8 heteroatoms. The molecule has 2 heterocycles. The molecule has 3 aromatic carbocycles. The zero-order valence-electron chi connectivity index (χ0n) is 19.1. The highest BCUT2D eigenvalue weighted by molar-refractivity contribution is 8.01. The van der Waals surface area contributed by atoms with Gasteiger partial charge in [-0.25, -0.2) is 5.01 Å². The van der Waals surface area contributed by atoms with Crippen LogP contribution in [-0.2, 0) is 14.3 Å². The van der Waals surface area contributed by atoms with Crippen LogP contribution in [0.5, 0.6) is 0 Å². The van der Waals surface area contributed by atoms with Crippen LogP contribution in [0, 0.1) is 0 Å². The van der Waals surface area contributed by atoms with Crippen LogP contribution in [0.4, 0.5) is 5.69 Å². The smallest absolute Gasteiger partial charge is 0.265 e. The summed E-state index contributed by atoms with van der Waals surface area (Å²) in [5.41, 5.74) is 5.79. The Kier molecular flexibility index (Phi) is 7.27. The third-order valence-corrected chi connectivity index (χ3v) is 7.88. The van der Waals surface area contributed by atoms with Crippen LogP contribution in [0.3, 0.4) is 0 Å². The molecule has 180 valence electrons. The topological polar surface area (TPSA) is 61.9 Å². The van der Waals surface area contributed by atoms with Gasteiger partial charge in [0.25, 0.3) is 11.8 Å². The maximum absolute atomic E-state index is 13.5. The lowest BCUT2D eigenvalue weighted by Gasteiger charge is -2.29. The van der Waals surface area contributed by atoms with Crippen LogP contribution in [0.1, 0.15) is 23.6 Å². The number of carbonyl (C=O) groups is 2. The van der Waals surface area contributed by atoms with Crippen LogP contribution in [0.25, 0.3) is 0 Å². The number of nitrogens with zero attached hydrogens (tertiary/aromatic N) is 2. The van der Waals surface area contributed by atoms with E-state index in [0.717, 1.165) is 42.9 Å². The van der Waals surface area contributed by atoms with E-state index in [-0.39, 0.29) is 11.8 Å². The number of benzene rings is 3. The first-order valence-electron chi connectivity index (χ1n) is 11.6. The number of halogens is 1. The van der Waals surface area contributed by atoms with E-state index in [9.17, 15) is 9.59 Å². The number of rotatable bonds is 6. The van der Waals surface area contributed by atoms with Gasteiger partial charge in [-0.15, -0.1) is 11.8 Å². The fourth-order valence-corrected chi connectivity index (χ4v) is 5.67. The molecule has 2 aliphatic heterocycles. The van der Waals surface area contributed by atoms with Gasteiger partial charge in [-0.2, -0.15) is 0 Å². The number of thioether (sulfide) groups is 1. The van der Waals surface area contributed by atoms with Gasteiger partial charge in [0.05, 0.1) is 11.6 Å². The third kappa shape index (κ3) is 5.17. The molecule has 2 amide bonds. The highest BCUT2D eigenvalue weighted by Gasteiger charge is 2.44. The van der Waals surface area contributed by atoms with Gasteiger partial charge in [0.15, 0.2) is 5.25 Å². The van der Waals surface area contributed by atoms with Gasteiger partial charge in [-0.05, 0) is 41.8 Å². The lowest BCUT2D eigenvalue weighted by atomic mass is 9.97. The van der Waals surface area contributed by atoms with Gasteiger partial charge < -0.3 is 9.64 Å². The molecule has 35 heavy (non-hydrogen) atoms. The van der Waals surface area contributed by atoms with Crippen LogP contribution in [0.2, 0.25) is 5.02 Å². The zero-order valence-corrected chi connectivity index (χ0v) is 20.7. The molecule has 0 aromatic heterocycles. The molecular formula is C27H26ClN3O3S. The third-order valence-electron chi connectivity index (χ3n) is 6.18. The molecule has 2 atom stereocenters. The van der Waals surface area contributed by atoms with E-state index >= 15 is 0 Å². The second-order valence-corrected chi connectivity index (χ2v) is 10.0. The van der Waals surface area contributed by atoms with Crippen molar-refractivity contribution in [3.8, 4) is 0 Å². The van der Waals surface area contributed by atoms with Gasteiger partial charge in [-0.1, -0.05) is 66.2 Å². The summed E-state index contributed by atoms with van der Waals surface area (Å²) in [6, 6.07) is 24.8. The fourth-order valence-electron chi connectivity index (χ4n) is 4.43. The predicted octanol–water partition coefficient (Wildman–Crippen LogP) is 4.69. The number of hydrogen-bond acceptors (Lipinski definition) is 5. The monoisotopic (exact) mass is 507 g/mol. The molecule has 2 unspecified atom stereocenters. The van der Waals surface area contributed by atoms with E-state index in [1.807, 2.05) is 60.7 Å². The van der Waals surface area contributed by atoms with Gasteiger partial charge in [0.2, 0.25) is 0 Å². The summed E-state index contributed by atoms with van der Waals surface area (Å²) >= 11 is 7.46. The number of ether oxygens (including phenoxy) is 1. The average Bonchev–Trinajstić information content (AvgIpc) is 3.06. The summed E-state index contributed by atoms with van der Waals surface area (Å²) < 4.78 is 5.58. The van der Waals surface area contributed by atoms with E-state index in [1.165, 1.54) is 16.8 Å². The van der Waals surface area contributed by atoms with Crippen molar-refractivity contribution in [2.75, 3.05) is 31.2 Å². The molecule has 0 spiro atoms. The van der Waals surface area contributed by atoms with Crippen molar-refractivity contribution in [3.05, 3.63) is 95.0 Å².